The quantitative estimate of drug-likeness (QED) is 0.644. The van der Waals surface area contributed by atoms with Gasteiger partial charge in [0.05, 0.1) is 18.3 Å². The zero-order valence-electron chi connectivity index (χ0n) is 18.9. The van der Waals surface area contributed by atoms with Gasteiger partial charge in [0.2, 0.25) is 0 Å². The number of fused-ring (bicyclic) bond motifs is 1. The molecule has 5 rings (SSSR count). The van der Waals surface area contributed by atoms with E-state index in [0.717, 1.165) is 42.1 Å². The molecule has 0 spiro atoms. The number of rotatable bonds is 4. The molecule has 0 radical (unpaired) electrons. The predicted octanol–water partition coefficient (Wildman–Crippen LogP) is 4.31. The van der Waals surface area contributed by atoms with E-state index in [1.807, 2.05) is 29.8 Å². The molecular formula is C26H31ClN4O. The molecule has 2 aliphatic rings. The number of nitrogens with one attached hydrogen (secondary N) is 1. The van der Waals surface area contributed by atoms with Crippen LogP contribution in [0.15, 0.2) is 54.6 Å². The van der Waals surface area contributed by atoms with Crippen LogP contribution in [-0.2, 0) is 6.54 Å². The Balaban J connectivity index is 0.00000245. The highest BCUT2D eigenvalue weighted by Crippen LogP contribution is 2.44. The minimum absolute atomic E-state index is 0. The van der Waals surface area contributed by atoms with Crippen molar-refractivity contribution in [2.75, 3.05) is 19.6 Å². The molecular weight excluding hydrogens is 420 g/mol. The number of likely N-dealkylation sites (tertiary alicyclic amines) is 1. The molecule has 2 aromatic carbocycles. The first-order chi connectivity index (χ1) is 15.0. The standard InChI is InChI=1S/C26H30N4O.ClH/c1-17-7-4-5-10-23(17)25-24-14-27-13-22(24)16-29(25)26(31)21-9-6-8-20(12-21)15-30-19(3)11-18(2)28-30;/h4-12,22,24-25,27H,13-16H2,1-3H3;1H/t22-,24-,25+;/m0./s1. The number of hydrogen-bond acceptors (Lipinski definition) is 3. The average Bonchev–Trinajstić information content (AvgIpc) is 3.43. The van der Waals surface area contributed by atoms with E-state index in [1.165, 1.54) is 11.1 Å². The Kier molecular flexibility index (Phi) is 6.40. The van der Waals surface area contributed by atoms with Gasteiger partial charge in [-0.15, -0.1) is 12.4 Å². The molecule has 5 nitrogen and oxygen atoms in total. The molecule has 0 bridgehead atoms. The first-order valence-electron chi connectivity index (χ1n) is 11.2. The predicted molar refractivity (Wildman–Crippen MR) is 129 cm³/mol. The summed E-state index contributed by atoms with van der Waals surface area (Å²) in [6.45, 7) is 9.70. The SMILES string of the molecule is Cc1cc(C)n(Cc2cccc(C(=O)N3C[C@@H]4CNC[C@@H]4[C@H]3c3ccccc3C)c2)n1.Cl. The van der Waals surface area contributed by atoms with Gasteiger partial charge in [0.15, 0.2) is 0 Å². The van der Waals surface area contributed by atoms with E-state index in [2.05, 4.69) is 65.6 Å². The van der Waals surface area contributed by atoms with Crippen LogP contribution < -0.4 is 5.32 Å². The van der Waals surface area contributed by atoms with Crippen LogP contribution in [0, 0.1) is 32.6 Å². The van der Waals surface area contributed by atoms with Crippen LogP contribution in [0.4, 0.5) is 0 Å². The fourth-order valence-corrected chi connectivity index (χ4v) is 5.42. The van der Waals surface area contributed by atoms with Crippen molar-refractivity contribution in [2.24, 2.45) is 11.8 Å². The van der Waals surface area contributed by atoms with Crippen molar-refractivity contribution in [1.82, 2.24) is 20.0 Å². The van der Waals surface area contributed by atoms with Crippen molar-refractivity contribution in [3.8, 4) is 0 Å². The van der Waals surface area contributed by atoms with Crippen LogP contribution >= 0.6 is 12.4 Å². The summed E-state index contributed by atoms with van der Waals surface area (Å²) in [7, 11) is 0. The van der Waals surface area contributed by atoms with Crippen molar-refractivity contribution < 1.29 is 4.79 Å². The van der Waals surface area contributed by atoms with E-state index < -0.39 is 0 Å². The summed E-state index contributed by atoms with van der Waals surface area (Å²) in [6, 6.07) is 18.8. The summed E-state index contributed by atoms with van der Waals surface area (Å²) in [5, 5.41) is 8.11. The minimum Gasteiger partial charge on any atom is -0.331 e. The smallest absolute Gasteiger partial charge is 0.254 e. The number of aromatic nitrogens is 2. The second-order valence-corrected chi connectivity index (χ2v) is 9.13. The van der Waals surface area contributed by atoms with Gasteiger partial charge in [0.25, 0.3) is 5.91 Å². The van der Waals surface area contributed by atoms with Gasteiger partial charge in [-0.2, -0.15) is 5.10 Å². The van der Waals surface area contributed by atoms with E-state index in [-0.39, 0.29) is 24.4 Å². The Bertz CT molecular complexity index is 1120. The molecule has 3 atom stereocenters. The van der Waals surface area contributed by atoms with Gasteiger partial charge in [-0.05, 0) is 61.6 Å². The normalized spacial score (nSPS) is 22.0. The summed E-state index contributed by atoms with van der Waals surface area (Å²) < 4.78 is 2.00. The second-order valence-electron chi connectivity index (χ2n) is 9.13. The largest absolute Gasteiger partial charge is 0.331 e. The first-order valence-corrected chi connectivity index (χ1v) is 11.2. The molecule has 32 heavy (non-hydrogen) atoms. The average molecular weight is 451 g/mol. The number of nitrogens with zero attached hydrogens (tertiary/aromatic N) is 3. The molecule has 2 saturated heterocycles. The van der Waals surface area contributed by atoms with Gasteiger partial charge in [-0.3, -0.25) is 9.48 Å². The van der Waals surface area contributed by atoms with Gasteiger partial charge >= 0.3 is 0 Å². The minimum atomic E-state index is 0. The maximum atomic E-state index is 13.7. The summed E-state index contributed by atoms with van der Waals surface area (Å²) >= 11 is 0. The van der Waals surface area contributed by atoms with Gasteiger partial charge < -0.3 is 10.2 Å². The third kappa shape index (κ3) is 4.07. The highest BCUT2D eigenvalue weighted by Gasteiger charge is 2.47. The van der Waals surface area contributed by atoms with E-state index in [9.17, 15) is 4.79 Å². The van der Waals surface area contributed by atoms with Crippen molar-refractivity contribution in [1.29, 1.82) is 0 Å². The van der Waals surface area contributed by atoms with Gasteiger partial charge in [-0.25, -0.2) is 0 Å². The monoisotopic (exact) mass is 450 g/mol. The van der Waals surface area contributed by atoms with Crippen molar-refractivity contribution >= 4 is 18.3 Å². The van der Waals surface area contributed by atoms with E-state index in [4.69, 9.17) is 0 Å². The molecule has 1 aromatic heterocycles. The third-order valence-corrected chi connectivity index (χ3v) is 6.94. The Morgan fingerprint density at radius 2 is 1.88 bits per heavy atom. The number of amides is 1. The Morgan fingerprint density at radius 1 is 1.06 bits per heavy atom. The van der Waals surface area contributed by atoms with Crippen LogP contribution in [0.25, 0.3) is 0 Å². The van der Waals surface area contributed by atoms with Gasteiger partial charge in [0.1, 0.15) is 0 Å². The summed E-state index contributed by atoms with van der Waals surface area (Å²) in [5.74, 6) is 1.13. The molecule has 0 aliphatic carbocycles. The topological polar surface area (TPSA) is 50.2 Å². The van der Waals surface area contributed by atoms with Gasteiger partial charge in [-0.1, -0.05) is 36.4 Å². The second kappa shape index (κ2) is 9.08. The number of benzene rings is 2. The molecule has 2 fully saturated rings. The molecule has 3 aromatic rings. The highest BCUT2D eigenvalue weighted by molar-refractivity contribution is 5.95. The molecule has 0 unspecified atom stereocenters. The lowest BCUT2D eigenvalue weighted by Crippen LogP contribution is -2.35. The highest BCUT2D eigenvalue weighted by atomic mass is 35.5. The maximum Gasteiger partial charge on any atom is 0.254 e. The fraction of sp³-hybridized carbons (Fsp3) is 0.385. The number of carbonyl (C=O) groups excluding carboxylic acids is 1. The number of aryl methyl sites for hydroxylation is 3. The number of carbonyl (C=O) groups is 1. The molecule has 1 N–H and O–H groups in total. The van der Waals surface area contributed by atoms with Crippen LogP contribution in [-0.4, -0.2) is 40.2 Å². The third-order valence-electron chi connectivity index (χ3n) is 6.94. The zero-order chi connectivity index (χ0) is 21.5. The summed E-state index contributed by atoms with van der Waals surface area (Å²) in [5.41, 5.74) is 6.56. The van der Waals surface area contributed by atoms with E-state index >= 15 is 0 Å². The van der Waals surface area contributed by atoms with Crippen LogP contribution in [0.3, 0.4) is 0 Å². The molecule has 0 saturated carbocycles. The maximum absolute atomic E-state index is 13.7. The number of hydrogen-bond donors (Lipinski definition) is 1. The summed E-state index contributed by atoms with van der Waals surface area (Å²) in [6.07, 6.45) is 0. The van der Waals surface area contributed by atoms with Crippen LogP contribution in [0.1, 0.15) is 44.5 Å². The lowest BCUT2D eigenvalue weighted by molar-refractivity contribution is 0.0713. The van der Waals surface area contributed by atoms with Gasteiger partial charge in [0, 0.05) is 36.8 Å². The molecule has 2 aliphatic heterocycles. The molecule has 6 heteroatoms. The lowest BCUT2D eigenvalue weighted by Gasteiger charge is -2.30. The first kappa shape index (κ1) is 22.6. The van der Waals surface area contributed by atoms with Crippen LogP contribution in [0.5, 0.6) is 0 Å². The van der Waals surface area contributed by atoms with Crippen LogP contribution in [0.2, 0.25) is 0 Å². The molecule has 3 heterocycles. The summed E-state index contributed by atoms with van der Waals surface area (Å²) in [4.78, 5) is 15.9. The van der Waals surface area contributed by atoms with Crippen molar-refractivity contribution in [3.63, 3.8) is 0 Å². The molecule has 168 valence electrons. The fourth-order valence-electron chi connectivity index (χ4n) is 5.42. The van der Waals surface area contributed by atoms with Crippen molar-refractivity contribution in [2.45, 2.75) is 33.4 Å². The Labute approximate surface area is 196 Å². The van der Waals surface area contributed by atoms with E-state index in [1.54, 1.807) is 0 Å². The Hall–Kier alpha value is -2.63. The molecule has 1 amide bonds. The van der Waals surface area contributed by atoms with E-state index in [0.29, 0.717) is 18.4 Å². The number of halogens is 1. The van der Waals surface area contributed by atoms with Crippen molar-refractivity contribution in [3.05, 3.63) is 88.2 Å². The zero-order valence-corrected chi connectivity index (χ0v) is 19.7. The Morgan fingerprint density at radius 3 is 2.62 bits per heavy atom. The lowest BCUT2D eigenvalue weighted by atomic mass is 9.87.